The average Bonchev–Trinajstić information content (AvgIpc) is 2.76. The smallest absolute Gasteiger partial charge is 0.133 e. The topological polar surface area (TPSA) is 42.4 Å². The predicted molar refractivity (Wildman–Crippen MR) is 76.2 cm³/mol. The largest absolute Gasteiger partial charge is 0.496 e. The summed E-state index contributed by atoms with van der Waals surface area (Å²) in [6.07, 6.45) is -0.0126. The number of aliphatic hydroxyl groups is 1. The first-order chi connectivity index (χ1) is 8.60. The van der Waals surface area contributed by atoms with Crippen LogP contribution in [0.2, 0.25) is 0 Å². The molecule has 0 aliphatic carbocycles. The molecule has 1 atom stereocenters. The van der Waals surface area contributed by atoms with Crippen molar-refractivity contribution in [2.75, 3.05) is 7.11 Å². The number of rotatable bonds is 4. The molecule has 0 saturated carbocycles. The molecule has 0 amide bonds. The SMILES string of the molecule is COc1ccc(CC(O)c2csc(C)n2)cc1Br. The number of methoxy groups -OCH3 is 1. The fourth-order valence-corrected chi connectivity index (χ4v) is 2.95. The van der Waals surface area contributed by atoms with Gasteiger partial charge in [-0.25, -0.2) is 4.98 Å². The molecule has 0 bridgehead atoms. The third-order valence-electron chi connectivity index (χ3n) is 2.62. The van der Waals surface area contributed by atoms with E-state index in [4.69, 9.17) is 4.74 Å². The molecule has 0 aliphatic rings. The molecule has 96 valence electrons. The molecule has 0 spiro atoms. The van der Waals surface area contributed by atoms with Gasteiger partial charge in [-0.05, 0) is 40.5 Å². The number of aryl methyl sites for hydroxylation is 1. The van der Waals surface area contributed by atoms with E-state index in [2.05, 4.69) is 20.9 Å². The lowest BCUT2D eigenvalue weighted by Gasteiger charge is -2.10. The molecular weight excluding hydrogens is 314 g/mol. The molecule has 0 saturated heterocycles. The van der Waals surface area contributed by atoms with E-state index in [1.165, 1.54) is 0 Å². The van der Waals surface area contributed by atoms with Gasteiger partial charge in [-0.15, -0.1) is 11.3 Å². The second-order valence-corrected chi connectivity index (χ2v) is 5.90. The lowest BCUT2D eigenvalue weighted by atomic mass is 10.1. The van der Waals surface area contributed by atoms with Crippen molar-refractivity contribution in [1.82, 2.24) is 4.98 Å². The Morgan fingerprint density at radius 2 is 2.28 bits per heavy atom. The van der Waals surface area contributed by atoms with Crippen LogP contribution in [0.1, 0.15) is 22.4 Å². The van der Waals surface area contributed by atoms with Crippen LogP contribution in [0, 0.1) is 6.92 Å². The Kier molecular flexibility index (Phi) is 4.37. The average molecular weight is 328 g/mol. The van der Waals surface area contributed by atoms with E-state index < -0.39 is 6.10 Å². The summed E-state index contributed by atoms with van der Waals surface area (Å²) >= 11 is 4.99. The van der Waals surface area contributed by atoms with Crippen LogP contribution in [0.4, 0.5) is 0 Å². The van der Waals surface area contributed by atoms with Crippen LogP contribution in [0.5, 0.6) is 5.75 Å². The maximum atomic E-state index is 10.1. The molecule has 1 unspecified atom stereocenters. The number of ether oxygens (including phenoxy) is 1. The van der Waals surface area contributed by atoms with Crippen LogP contribution in [0.25, 0.3) is 0 Å². The summed E-state index contributed by atoms with van der Waals surface area (Å²) in [5.41, 5.74) is 1.78. The van der Waals surface area contributed by atoms with Crippen molar-refractivity contribution >= 4 is 27.3 Å². The third kappa shape index (κ3) is 3.10. The summed E-state index contributed by atoms with van der Waals surface area (Å²) in [5.74, 6) is 0.790. The number of aromatic nitrogens is 1. The lowest BCUT2D eigenvalue weighted by Crippen LogP contribution is -2.02. The Labute approximate surface area is 119 Å². The highest BCUT2D eigenvalue weighted by Crippen LogP contribution is 2.28. The van der Waals surface area contributed by atoms with Crippen molar-refractivity contribution in [3.8, 4) is 5.75 Å². The molecule has 2 aromatic rings. The van der Waals surface area contributed by atoms with Gasteiger partial charge in [0.15, 0.2) is 0 Å². The molecule has 0 aliphatic heterocycles. The minimum atomic E-state index is -0.560. The van der Waals surface area contributed by atoms with E-state index in [-0.39, 0.29) is 0 Å². The van der Waals surface area contributed by atoms with Crippen LogP contribution in [0.15, 0.2) is 28.1 Å². The van der Waals surface area contributed by atoms with Crippen molar-refractivity contribution in [2.45, 2.75) is 19.4 Å². The van der Waals surface area contributed by atoms with Gasteiger partial charge in [0.05, 0.1) is 22.3 Å². The highest BCUT2D eigenvalue weighted by molar-refractivity contribution is 9.10. The zero-order valence-electron chi connectivity index (χ0n) is 10.2. The Morgan fingerprint density at radius 1 is 1.50 bits per heavy atom. The summed E-state index contributed by atoms with van der Waals surface area (Å²) < 4.78 is 6.07. The number of hydrogen-bond donors (Lipinski definition) is 1. The maximum absolute atomic E-state index is 10.1. The van der Waals surface area contributed by atoms with Gasteiger partial charge in [0.2, 0.25) is 0 Å². The van der Waals surface area contributed by atoms with Crippen molar-refractivity contribution < 1.29 is 9.84 Å². The quantitative estimate of drug-likeness (QED) is 0.934. The maximum Gasteiger partial charge on any atom is 0.133 e. The minimum absolute atomic E-state index is 0.547. The van der Waals surface area contributed by atoms with Crippen LogP contribution < -0.4 is 4.74 Å². The molecule has 18 heavy (non-hydrogen) atoms. The van der Waals surface area contributed by atoms with Gasteiger partial charge in [-0.2, -0.15) is 0 Å². The Morgan fingerprint density at radius 3 is 2.83 bits per heavy atom. The molecule has 1 aromatic heterocycles. The molecule has 5 heteroatoms. The molecule has 0 fully saturated rings. The van der Waals surface area contributed by atoms with Gasteiger partial charge >= 0.3 is 0 Å². The second kappa shape index (κ2) is 5.82. The number of thiazole rings is 1. The molecule has 3 nitrogen and oxygen atoms in total. The van der Waals surface area contributed by atoms with Crippen molar-refractivity contribution in [3.05, 3.63) is 44.3 Å². The fraction of sp³-hybridized carbons (Fsp3) is 0.308. The summed E-state index contributed by atoms with van der Waals surface area (Å²) in [4.78, 5) is 4.30. The first-order valence-corrected chi connectivity index (χ1v) is 7.20. The van der Waals surface area contributed by atoms with E-state index in [0.717, 1.165) is 26.5 Å². The monoisotopic (exact) mass is 327 g/mol. The highest BCUT2D eigenvalue weighted by atomic mass is 79.9. The van der Waals surface area contributed by atoms with Crippen molar-refractivity contribution in [1.29, 1.82) is 0 Å². The molecular formula is C13H14BrNO2S. The molecule has 1 aromatic carbocycles. The normalized spacial score (nSPS) is 12.4. The first-order valence-electron chi connectivity index (χ1n) is 5.52. The summed E-state index contributed by atoms with van der Waals surface area (Å²) in [7, 11) is 1.63. The second-order valence-electron chi connectivity index (χ2n) is 3.98. The van der Waals surface area contributed by atoms with Gasteiger partial charge < -0.3 is 9.84 Å². The molecule has 2 rings (SSSR count). The Bertz CT molecular complexity index is 542. The van der Waals surface area contributed by atoms with Gasteiger partial charge in [-0.3, -0.25) is 0 Å². The molecule has 1 N–H and O–H groups in total. The standard InChI is InChI=1S/C13H14BrNO2S/c1-8-15-11(7-18-8)12(16)6-9-3-4-13(17-2)10(14)5-9/h3-5,7,12,16H,6H2,1-2H3. The van der Waals surface area contributed by atoms with Gasteiger partial charge in [-0.1, -0.05) is 6.07 Å². The summed E-state index contributed by atoms with van der Waals surface area (Å²) in [5, 5.41) is 13.0. The van der Waals surface area contributed by atoms with Gasteiger partial charge in [0, 0.05) is 11.8 Å². The highest BCUT2D eigenvalue weighted by Gasteiger charge is 2.12. The van der Waals surface area contributed by atoms with Crippen molar-refractivity contribution in [2.24, 2.45) is 0 Å². The fourth-order valence-electron chi connectivity index (χ4n) is 1.70. The van der Waals surface area contributed by atoms with E-state index >= 15 is 0 Å². The van der Waals surface area contributed by atoms with E-state index in [0.29, 0.717) is 6.42 Å². The Balaban J connectivity index is 2.12. The number of hydrogen-bond acceptors (Lipinski definition) is 4. The lowest BCUT2D eigenvalue weighted by molar-refractivity contribution is 0.174. The number of nitrogens with zero attached hydrogens (tertiary/aromatic N) is 1. The van der Waals surface area contributed by atoms with Crippen LogP contribution in [-0.4, -0.2) is 17.2 Å². The van der Waals surface area contributed by atoms with Crippen LogP contribution in [0.3, 0.4) is 0 Å². The molecule has 0 radical (unpaired) electrons. The predicted octanol–water partition coefficient (Wildman–Crippen LogP) is 3.50. The summed E-state index contributed by atoms with van der Waals surface area (Å²) in [6.45, 7) is 1.94. The number of halogens is 1. The van der Waals surface area contributed by atoms with Crippen LogP contribution in [-0.2, 0) is 6.42 Å². The first kappa shape index (κ1) is 13.5. The van der Waals surface area contributed by atoms with E-state index in [1.807, 2.05) is 30.5 Å². The number of benzene rings is 1. The zero-order valence-corrected chi connectivity index (χ0v) is 12.6. The van der Waals surface area contributed by atoms with E-state index in [9.17, 15) is 5.11 Å². The minimum Gasteiger partial charge on any atom is -0.496 e. The van der Waals surface area contributed by atoms with E-state index in [1.54, 1.807) is 18.4 Å². The van der Waals surface area contributed by atoms with Crippen LogP contribution >= 0.6 is 27.3 Å². The van der Waals surface area contributed by atoms with Gasteiger partial charge in [0.1, 0.15) is 11.9 Å². The van der Waals surface area contributed by atoms with Gasteiger partial charge in [0.25, 0.3) is 0 Å². The number of aliphatic hydroxyl groups excluding tert-OH is 1. The Hall–Kier alpha value is -0.910. The zero-order chi connectivity index (χ0) is 13.1. The molecule has 1 heterocycles. The summed E-state index contributed by atoms with van der Waals surface area (Å²) in [6, 6.07) is 5.80. The van der Waals surface area contributed by atoms with Crippen molar-refractivity contribution in [3.63, 3.8) is 0 Å². The third-order valence-corrected chi connectivity index (χ3v) is 4.03.